The van der Waals surface area contributed by atoms with Gasteiger partial charge in [0.05, 0.1) is 6.04 Å². The maximum Gasteiger partial charge on any atom is 0.234 e. The molecule has 0 aliphatic heterocycles. The number of carbonyl (C=O) groups excluding carboxylic acids is 1. The van der Waals surface area contributed by atoms with E-state index in [4.69, 9.17) is 5.73 Å². The van der Waals surface area contributed by atoms with Gasteiger partial charge in [-0.1, -0.05) is 13.8 Å². The average Bonchev–Trinajstić information content (AvgIpc) is 1.64. The number of likely N-dealkylation sites (N-methyl/N-ethyl adjacent to an activating group) is 1. The Morgan fingerprint density at radius 2 is 2.11 bits per heavy atom. The third kappa shape index (κ3) is 2.46. The molecule has 0 heterocycles. The first-order valence-electron chi connectivity index (χ1n) is 3.06. The molecule has 0 rings (SSSR count). The van der Waals surface area contributed by atoms with Crippen molar-refractivity contribution in [3.05, 3.63) is 0 Å². The van der Waals surface area contributed by atoms with Crippen LogP contribution in [-0.4, -0.2) is 19.0 Å². The van der Waals surface area contributed by atoms with Gasteiger partial charge in [-0.05, 0) is 13.0 Å². The molecule has 1 atom stereocenters. The van der Waals surface area contributed by atoms with Crippen molar-refractivity contribution in [3.8, 4) is 0 Å². The minimum atomic E-state index is -0.285. The smallest absolute Gasteiger partial charge is 0.234 e. The predicted molar refractivity (Wildman–Crippen MR) is 39.0 cm³/mol. The van der Waals surface area contributed by atoms with Crippen LogP contribution in [0.15, 0.2) is 0 Å². The van der Waals surface area contributed by atoms with Crippen molar-refractivity contribution >= 4 is 5.91 Å². The van der Waals surface area contributed by atoms with Gasteiger partial charge in [0.1, 0.15) is 0 Å². The maximum atomic E-state index is 10.5. The zero-order valence-corrected chi connectivity index (χ0v) is 6.14. The molecule has 3 N–H and O–H groups in total. The lowest BCUT2D eigenvalue weighted by Gasteiger charge is -2.14. The van der Waals surface area contributed by atoms with Crippen LogP contribution in [0.5, 0.6) is 0 Å². The summed E-state index contributed by atoms with van der Waals surface area (Å²) in [6.45, 7) is 3.90. The molecule has 3 nitrogen and oxygen atoms in total. The number of rotatable bonds is 3. The highest BCUT2D eigenvalue weighted by Crippen LogP contribution is 1.98. The van der Waals surface area contributed by atoms with Crippen LogP contribution in [0.4, 0.5) is 0 Å². The van der Waals surface area contributed by atoms with Crippen molar-refractivity contribution in [3.63, 3.8) is 0 Å². The molecule has 0 aliphatic rings. The number of nitrogens with one attached hydrogen (secondary N) is 1. The Hall–Kier alpha value is -0.570. The third-order valence-electron chi connectivity index (χ3n) is 1.28. The second-order valence-electron chi connectivity index (χ2n) is 2.41. The molecule has 0 aliphatic carbocycles. The van der Waals surface area contributed by atoms with Crippen molar-refractivity contribution < 1.29 is 6.22 Å². The lowest BCUT2D eigenvalue weighted by atomic mass is 10.0. The lowest BCUT2D eigenvalue weighted by Crippen LogP contribution is -2.42. The van der Waals surface area contributed by atoms with Gasteiger partial charge in [-0.15, -0.1) is 0 Å². The van der Waals surface area contributed by atoms with Crippen molar-refractivity contribution in [2.24, 2.45) is 11.7 Å². The van der Waals surface area contributed by atoms with Crippen LogP contribution in [0.2, 0.25) is 0 Å². The molecule has 1 amide bonds. The van der Waals surface area contributed by atoms with E-state index < -0.39 is 0 Å². The van der Waals surface area contributed by atoms with E-state index >= 15 is 0 Å². The Morgan fingerprint density at radius 3 is 2.11 bits per heavy atom. The van der Waals surface area contributed by atoms with Crippen LogP contribution in [0, 0.1) is 5.92 Å². The van der Waals surface area contributed by atoms with Gasteiger partial charge >= 0.3 is 0 Å². The van der Waals surface area contributed by atoms with Crippen LogP contribution < -0.4 is 11.1 Å². The van der Waals surface area contributed by atoms with Gasteiger partial charge in [0.2, 0.25) is 5.91 Å². The number of hydrogen-bond donors (Lipinski definition) is 2. The molecule has 56 valence electrons. The SMILES string of the molecule is CN[C@H](C(N)=O)C(C)C.[HH]. The van der Waals surface area contributed by atoms with Crippen molar-refractivity contribution in [2.45, 2.75) is 19.9 Å². The Labute approximate surface area is 57.1 Å². The molecule has 0 bridgehead atoms. The molecule has 0 aromatic carbocycles. The second kappa shape index (κ2) is 3.45. The largest absolute Gasteiger partial charge is 0.368 e. The molecule has 0 aromatic heterocycles. The predicted octanol–water partition coefficient (Wildman–Crippen LogP) is -0.0383. The highest BCUT2D eigenvalue weighted by molar-refractivity contribution is 5.80. The van der Waals surface area contributed by atoms with E-state index in [-0.39, 0.29) is 19.3 Å². The molecule has 0 aromatic rings. The average molecular weight is 132 g/mol. The minimum Gasteiger partial charge on any atom is -0.368 e. The summed E-state index contributed by atoms with van der Waals surface area (Å²) in [6.07, 6.45) is 0. The number of primary amides is 1. The van der Waals surface area contributed by atoms with Gasteiger partial charge in [-0.25, -0.2) is 0 Å². The fourth-order valence-corrected chi connectivity index (χ4v) is 0.804. The van der Waals surface area contributed by atoms with E-state index in [1.807, 2.05) is 13.8 Å². The monoisotopic (exact) mass is 132 g/mol. The van der Waals surface area contributed by atoms with Crippen LogP contribution in [-0.2, 0) is 4.79 Å². The first kappa shape index (κ1) is 8.43. The van der Waals surface area contributed by atoms with E-state index in [0.29, 0.717) is 0 Å². The Morgan fingerprint density at radius 1 is 1.67 bits per heavy atom. The summed E-state index contributed by atoms with van der Waals surface area (Å²) < 4.78 is 0. The molecule has 0 fully saturated rings. The van der Waals surface area contributed by atoms with Gasteiger partial charge in [0.15, 0.2) is 0 Å². The maximum absolute atomic E-state index is 10.5. The molecule has 3 heteroatoms. The van der Waals surface area contributed by atoms with E-state index in [1.54, 1.807) is 7.05 Å². The topological polar surface area (TPSA) is 55.1 Å². The van der Waals surface area contributed by atoms with Crippen molar-refractivity contribution in [2.75, 3.05) is 7.05 Å². The summed E-state index contributed by atoms with van der Waals surface area (Å²) in [5, 5.41) is 2.83. The summed E-state index contributed by atoms with van der Waals surface area (Å²) in [4.78, 5) is 10.5. The molecule has 9 heavy (non-hydrogen) atoms. The second-order valence-corrected chi connectivity index (χ2v) is 2.41. The summed E-state index contributed by atoms with van der Waals surface area (Å²) in [7, 11) is 1.73. The summed E-state index contributed by atoms with van der Waals surface area (Å²) >= 11 is 0. The zero-order valence-electron chi connectivity index (χ0n) is 6.14. The highest BCUT2D eigenvalue weighted by atomic mass is 16.1. The minimum absolute atomic E-state index is 0. The van der Waals surface area contributed by atoms with Crippen LogP contribution in [0.3, 0.4) is 0 Å². The normalized spacial score (nSPS) is 13.8. The number of carbonyl (C=O) groups is 1. The van der Waals surface area contributed by atoms with Crippen molar-refractivity contribution in [1.29, 1.82) is 0 Å². The fourth-order valence-electron chi connectivity index (χ4n) is 0.804. The molecule has 0 saturated carbocycles. The molecule has 0 saturated heterocycles. The van der Waals surface area contributed by atoms with E-state index in [9.17, 15) is 4.79 Å². The molecular formula is C6H16N2O. The summed E-state index contributed by atoms with van der Waals surface area (Å²) in [6, 6.07) is -0.190. The van der Waals surface area contributed by atoms with Crippen LogP contribution in [0.1, 0.15) is 15.3 Å². The Kier molecular flexibility index (Phi) is 3.24. The molecule has 0 unspecified atom stereocenters. The van der Waals surface area contributed by atoms with E-state index in [0.717, 1.165) is 0 Å². The number of amides is 1. The third-order valence-corrected chi connectivity index (χ3v) is 1.28. The number of nitrogens with two attached hydrogens (primary N) is 1. The van der Waals surface area contributed by atoms with Crippen LogP contribution in [0.25, 0.3) is 0 Å². The Balaban J connectivity index is 0. The van der Waals surface area contributed by atoms with Gasteiger partial charge in [0.25, 0.3) is 0 Å². The first-order chi connectivity index (χ1) is 4.09. The summed E-state index contributed by atoms with van der Waals surface area (Å²) in [5.74, 6) is -0.0139. The van der Waals surface area contributed by atoms with Gasteiger partial charge in [0, 0.05) is 1.43 Å². The van der Waals surface area contributed by atoms with Gasteiger partial charge in [-0.2, -0.15) is 0 Å². The quantitative estimate of drug-likeness (QED) is 0.566. The van der Waals surface area contributed by atoms with Crippen LogP contribution >= 0.6 is 0 Å². The molecular weight excluding hydrogens is 116 g/mol. The first-order valence-corrected chi connectivity index (χ1v) is 3.06. The van der Waals surface area contributed by atoms with Gasteiger partial charge < -0.3 is 11.1 Å². The fraction of sp³-hybridized carbons (Fsp3) is 0.833. The standard InChI is InChI=1S/C6H14N2O.H2/c1-4(2)5(8-3)6(7)9;/h4-5,8H,1-3H3,(H2,7,9);1H/t5-;/m0./s1. The molecule has 0 spiro atoms. The Bertz CT molecular complexity index is 106. The number of hydrogen-bond acceptors (Lipinski definition) is 2. The zero-order chi connectivity index (χ0) is 7.44. The van der Waals surface area contributed by atoms with E-state index in [2.05, 4.69) is 5.32 Å². The molecule has 0 radical (unpaired) electrons. The van der Waals surface area contributed by atoms with Crippen molar-refractivity contribution in [1.82, 2.24) is 5.32 Å². The summed E-state index contributed by atoms with van der Waals surface area (Å²) in [5.41, 5.74) is 5.05. The van der Waals surface area contributed by atoms with E-state index in [1.165, 1.54) is 0 Å². The highest BCUT2D eigenvalue weighted by Gasteiger charge is 2.15. The van der Waals surface area contributed by atoms with Gasteiger partial charge in [-0.3, -0.25) is 4.79 Å². The lowest BCUT2D eigenvalue weighted by molar-refractivity contribution is -0.120.